The van der Waals surface area contributed by atoms with Gasteiger partial charge in [0.25, 0.3) is 0 Å². The number of carbonyl (C=O) groups excluding carboxylic acids is 3. The number of hydrogen-bond donors (Lipinski definition) is 5. The van der Waals surface area contributed by atoms with Crippen molar-refractivity contribution in [3.8, 4) is 0 Å². The molecule has 0 aliphatic carbocycles. The zero-order valence-corrected chi connectivity index (χ0v) is 18.2. The van der Waals surface area contributed by atoms with Gasteiger partial charge < -0.3 is 26.7 Å². The minimum atomic E-state index is -4.17. The first kappa shape index (κ1) is 25.4. The number of rotatable bonds is 12. The number of sulfonamides is 1. The summed E-state index contributed by atoms with van der Waals surface area (Å²) in [6.07, 6.45) is 1.25. The van der Waals surface area contributed by atoms with Crippen molar-refractivity contribution < 1.29 is 27.9 Å². The molecule has 12 nitrogen and oxygen atoms in total. The molecular formula is C19H28N6O6S. The Morgan fingerprint density at radius 2 is 1.97 bits per heavy atom. The van der Waals surface area contributed by atoms with E-state index in [1.165, 1.54) is 24.3 Å². The van der Waals surface area contributed by atoms with E-state index in [0.29, 0.717) is 24.2 Å². The van der Waals surface area contributed by atoms with Crippen LogP contribution in [0.5, 0.6) is 0 Å². The molecule has 1 unspecified atom stereocenters. The summed E-state index contributed by atoms with van der Waals surface area (Å²) in [4.78, 5) is 42.3. The summed E-state index contributed by atoms with van der Waals surface area (Å²) in [7, 11) is -4.17. The van der Waals surface area contributed by atoms with Gasteiger partial charge in [0.05, 0.1) is 23.6 Å². The Morgan fingerprint density at radius 3 is 2.47 bits per heavy atom. The molecule has 1 fully saturated rings. The third-order valence-corrected chi connectivity index (χ3v) is 6.36. The Kier molecular flexibility index (Phi) is 9.26. The van der Waals surface area contributed by atoms with Crippen molar-refractivity contribution in [1.82, 2.24) is 14.9 Å². The second kappa shape index (κ2) is 11.7. The SMILES string of the molecule is NC(N)=NCCC[C@@H](C=O)N(C(=O)C1CCN1)C(=O)[C@@H](CO)NS(=O)(=O)c1ccccc1. The molecule has 13 heteroatoms. The number of hydrogen-bond acceptors (Lipinski definition) is 8. The standard InChI is InChI=1S/C19H28N6O6S/c20-19(21)23-9-4-5-13(11-26)25(17(28)15-8-10-22-15)18(29)16(12-27)24-32(30,31)14-6-2-1-3-7-14/h1-3,6-7,11,13,15-16,22,24,27H,4-5,8-10,12H2,(H4,20,21,23)/t13-,15?,16+/m0/s1. The van der Waals surface area contributed by atoms with Crippen LogP contribution in [0, 0.1) is 0 Å². The van der Waals surface area contributed by atoms with Crippen molar-refractivity contribution in [2.75, 3.05) is 19.7 Å². The molecule has 7 N–H and O–H groups in total. The van der Waals surface area contributed by atoms with Gasteiger partial charge in [-0.3, -0.25) is 19.5 Å². The Bertz CT molecular complexity index is 931. The lowest BCUT2D eigenvalue weighted by Crippen LogP contribution is -2.62. The molecule has 1 saturated heterocycles. The molecule has 0 aromatic heterocycles. The van der Waals surface area contributed by atoms with E-state index in [-0.39, 0.29) is 30.2 Å². The molecule has 0 radical (unpaired) electrons. The maximum Gasteiger partial charge on any atom is 0.250 e. The van der Waals surface area contributed by atoms with Crippen LogP contribution < -0.4 is 21.5 Å². The fourth-order valence-corrected chi connectivity index (χ4v) is 4.26. The van der Waals surface area contributed by atoms with Gasteiger partial charge in [-0.05, 0) is 37.9 Å². The lowest BCUT2D eigenvalue weighted by molar-refractivity contribution is -0.153. The number of aldehydes is 1. The van der Waals surface area contributed by atoms with Gasteiger partial charge in [0.2, 0.25) is 21.8 Å². The lowest BCUT2D eigenvalue weighted by atomic mass is 10.0. The Morgan fingerprint density at radius 1 is 1.31 bits per heavy atom. The van der Waals surface area contributed by atoms with Crippen molar-refractivity contribution in [1.29, 1.82) is 0 Å². The van der Waals surface area contributed by atoms with Gasteiger partial charge in [-0.15, -0.1) is 0 Å². The molecule has 2 amide bonds. The first-order valence-electron chi connectivity index (χ1n) is 10.0. The third-order valence-electron chi connectivity index (χ3n) is 4.87. The molecule has 0 spiro atoms. The smallest absolute Gasteiger partial charge is 0.250 e. The van der Waals surface area contributed by atoms with Crippen LogP contribution in [0.1, 0.15) is 19.3 Å². The van der Waals surface area contributed by atoms with E-state index < -0.39 is 46.6 Å². The zero-order chi connectivity index (χ0) is 23.7. The molecule has 0 saturated carbocycles. The van der Waals surface area contributed by atoms with Crippen LogP contribution in [-0.2, 0) is 24.4 Å². The minimum Gasteiger partial charge on any atom is -0.394 e. The van der Waals surface area contributed by atoms with Gasteiger partial charge in [-0.1, -0.05) is 18.2 Å². The van der Waals surface area contributed by atoms with Gasteiger partial charge >= 0.3 is 0 Å². The molecule has 1 aromatic rings. The van der Waals surface area contributed by atoms with Crippen molar-refractivity contribution in [2.45, 2.75) is 42.3 Å². The molecule has 176 valence electrons. The summed E-state index contributed by atoms with van der Waals surface area (Å²) in [5, 5.41) is 12.6. The minimum absolute atomic E-state index is 0.0636. The number of imide groups is 1. The van der Waals surface area contributed by atoms with Crippen molar-refractivity contribution in [3.63, 3.8) is 0 Å². The summed E-state index contributed by atoms with van der Waals surface area (Å²) in [5.41, 5.74) is 10.5. The topological polar surface area (TPSA) is 197 Å². The highest BCUT2D eigenvalue weighted by Gasteiger charge is 2.40. The number of aliphatic hydroxyl groups is 1. The van der Waals surface area contributed by atoms with Crippen LogP contribution in [0.4, 0.5) is 0 Å². The quantitative estimate of drug-likeness (QED) is 0.0966. The van der Waals surface area contributed by atoms with E-state index in [4.69, 9.17) is 11.5 Å². The first-order chi connectivity index (χ1) is 15.2. The predicted molar refractivity (Wildman–Crippen MR) is 116 cm³/mol. The number of nitrogens with one attached hydrogen (secondary N) is 2. The van der Waals surface area contributed by atoms with E-state index >= 15 is 0 Å². The Balaban J connectivity index is 2.25. The highest BCUT2D eigenvalue weighted by molar-refractivity contribution is 7.89. The Labute approximate surface area is 186 Å². The van der Waals surface area contributed by atoms with E-state index in [1.54, 1.807) is 6.07 Å². The molecule has 0 bridgehead atoms. The van der Waals surface area contributed by atoms with E-state index in [9.17, 15) is 27.9 Å². The summed E-state index contributed by atoms with van der Waals surface area (Å²) in [6.45, 7) is -0.167. The number of guanidine groups is 1. The molecule has 2 rings (SSSR count). The van der Waals surface area contributed by atoms with Crippen molar-refractivity contribution >= 4 is 34.1 Å². The first-order valence-corrected chi connectivity index (χ1v) is 11.5. The maximum atomic E-state index is 13.2. The average molecular weight is 469 g/mol. The zero-order valence-electron chi connectivity index (χ0n) is 17.4. The van der Waals surface area contributed by atoms with Crippen molar-refractivity contribution in [2.24, 2.45) is 16.5 Å². The average Bonchev–Trinajstić information content (AvgIpc) is 2.73. The third kappa shape index (κ3) is 6.56. The van der Waals surface area contributed by atoms with Gasteiger partial charge in [0.1, 0.15) is 12.3 Å². The molecule has 1 aromatic carbocycles. The predicted octanol–water partition coefficient (Wildman–Crippen LogP) is -2.34. The van der Waals surface area contributed by atoms with E-state index in [0.717, 1.165) is 0 Å². The molecule has 1 aliphatic heterocycles. The van der Waals surface area contributed by atoms with Gasteiger partial charge in [0, 0.05) is 6.54 Å². The monoisotopic (exact) mass is 468 g/mol. The number of benzene rings is 1. The van der Waals surface area contributed by atoms with E-state index in [1.807, 2.05) is 0 Å². The number of amides is 2. The van der Waals surface area contributed by atoms with Crippen LogP contribution >= 0.6 is 0 Å². The number of carbonyl (C=O) groups is 3. The van der Waals surface area contributed by atoms with Gasteiger partial charge in [-0.2, -0.15) is 4.72 Å². The summed E-state index contributed by atoms with van der Waals surface area (Å²) in [5.74, 6) is -1.83. The molecular weight excluding hydrogens is 440 g/mol. The normalized spacial score (nSPS) is 17.5. The van der Waals surface area contributed by atoms with Crippen LogP contribution in [0.15, 0.2) is 40.2 Å². The fourth-order valence-electron chi connectivity index (χ4n) is 3.06. The second-order valence-corrected chi connectivity index (χ2v) is 8.88. The summed E-state index contributed by atoms with van der Waals surface area (Å²) >= 11 is 0. The molecule has 1 heterocycles. The number of nitrogens with zero attached hydrogens (tertiary/aromatic N) is 2. The van der Waals surface area contributed by atoms with Gasteiger partial charge in [0.15, 0.2) is 5.96 Å². The number of nitrogens with two attached hydrogens (primary N) is 2. The highest BCUT2D eigenvalue weighted by Crippen LogP contribution is 2.16. The number of aliphatic hydroxyl groups excluding tert-OH is 1. The van der Waals surface area contributed by atoms with Crippen molar-refractivity contribution in [3.05, 3.63) is 30.3 Å². The number of aliphatic imine (C=N–C) groups is 1. The van der Waals surface area contributed by atoms with Gasteiger partial charge in [-0.25, -0.2) is 8.42 Å². The molecule has 3 atom stereocenters. The summed E-state index contributed by atoms with van der Waals surface area (Å²) in [6, 6.07) is 3.75. The van der Waals surface area contributed by atoms with Crippen LogP contribution in [0.25, 0.3) is 0 Å². The molecule has 32 heavy (non-hydrogen) atoms. The lowest BCUT2D eigenvalue weighted by Gasteiger charge is -2.35. The van der Waals surface area contributed by atoms with Crippen LogP contribution in [0.3, 0.4) is 0 Å². The van der Waals surface area contributed by atoms with Crippen LogP contribution in [0.2, 0.25) is 0 Å². The maximum absolute atomic E-state index is 13.2. The van der Waals surface area contributed by atoms with E-state index in [2.05, 4.69) is 15.0 Å². The highest BCUT2D eigenvalue weighted by atomic mass is 32.2. The largest absolute Gasteiger partial charge is 0.394 e. The second-order valence-electron chi connectivity index (χ2n) is 7.16. The molecule has 1 aliphatic rings. The summed E-state index contributed by atoms with van der Waals surface area (Å²) < 4.78 is 27.3. The van der Waals surface area contributed by atoms with Crippen LogP contribution in [-0.4, -0.2) is 80.3 Å². The fraction of sp³-hybridized carbons (Fsp3) is 0.474. The Hall–Kier alpha value is -2.87.